The summed E-state index contributed by atoms with van der Waals surface area (Å²) in [5.74, 6) is -1.81. The number of aliphatic imine (C=N–C) groups is 2. The molecule has 9 heteroatoms. The Bertz CT molecular complexity index is 652. The molecular weight excluding hydrogens is 338 g/mol. The highest BCUT2D eigenvalue weighted by Gasteiger charge is 2.38. The van der Waals surface area contributed by atoms with Gasteiger partial charge in [-0.1, -0.05) is 11.6 Å². The Kier molecular flexibility index (Phi) is 6.26. The van der Waals surface area contributed by atoms with Crippen LogP contribution < -0.4 is 4.74 Å². The van der Waals surface area contributed by atoms with E-state index >= 15 is 0 Å². The standard InChI is InChI=1S/C14H14ClF4N3O/c1-7(22-9(3)15)12(20-4)10-5-11(16)13(21-6-10)23-8(2)14(17,18)19/h5-6,8H,4H2,1-3H3/b12-7-,22-9?/t8-/m0/s1. The van der Waals surface area contributed by atoms with Crippen LogP contribution in [0.5, 0.6) is 5.88 Å². The van der Waals surface area contributed by atoms with E-state index < -0.39 is 24.0 Å². The summed E-state index contributed by atoms with van der Waals surface area (Å²) in [6.45, 7) is 7.22. The molecule has 1 aromatic heterocycles. The highest BCUT2D eigenvalue weighted by Crippen LogP contribution is 2.28. The van der Waals surface area contributed by atoms with E-state index in [0.29, 0.717) is 5.70 Å². The topological polar surface area (TPSA) is 46.8 Å². The smallest absolute Gasteiger partial charge is 0.425 e. The lowest BCUT2D eigenvalue weighted by Gasteiger charge is -2.17. The molecular formula is C14H14ClF4N3O. The van der Waals surface area contributed by atoms with Crippen molar-refractivity contribution < 1.29 is 22.3 Å². The molecule has 0 radical (unpaired) electrons. The number of halogens is 5. The van der Waals surface area contributed by atoms with Crippen LogP contribution in [0, 0.1) is 5.82 Å². The molecule has 0 saturated heterocycles. The third-order valence-electron chi connectivity index (χ3n) is 2.65. The van der Waals surface area contributed by atoms with E-state index in [4.69, 9.17) is 11.6 Å². The van der Waals surface area contributed by atoms with Crippen LogP contribution in [0.15, 0.2) is 27.9 Å². The second-order valence-electron chi connectivity index (χ2n) is 4.51. The number of aromatic nitrogens is 1. The maximum absolute atomic E-state index is 13.9. The van der Waals surface area contributed by atoms with Gasteiger partial charge >= 0.3 is 6.18 Å². The molecule has 1 aromatic rings. The average Bonchev–Trinajstić information content (AvgIpc) is 2.40. The molecule has 4 nitrogen and oxygen atoms in total. The average molecular weight is 352 g/mol. The molecule has 126 valence electrons. The number of alkyl halides is 3. The van der Waals surface area contributed by atoms with Crippen LogP contribution in [0.3, 0.4) is 0 Å². The minimum absolute atomic E-state index is 0.184. The van der Waals surface area contributed by atoms with Crippen LogP contribution in [-0.2, 0) is 0 Å². The van der Waals surface area contributed by atoms with E-state index in [1.54, 1.807) is 13.8 Å². The molecule has 0 unspecified atom stereocenters. The number of pyridine rings is 1. The van der Waals surface area contributed by atoms with Crippen molar-refractivity contribution in [2.24, 2.45) is 9.98 Å². The number of allylic oxidation sites excluding steroid dienone is 1. The number of nitrogens with zero attached hydrogens (tertiary/aromatic N) is 3. The monoisotopic (exact) mass is 351 g/mol. The first-order valence-corrected chi connectivity index (χ1v) is 6.71. The van der Waals surface area contributed by atoms with Gasteiger partial charge in [-0.05, 0) is 33.6 Å². The van der Waals surface area contributed by atoms with Crippen LogP contribution in [0.1, 0.15) is 26.3 Å². The summed E-state index contributed by atoms with van der Waals surface area (Å²) >= 11 is 5.66. The molecule has 1 heterocycles. The third kappa shape index (κ3) is 5.31. The number of ether oxygens (including phenoxy) is 1. The van der Waals surface area contributed by atoms with Gasteiger partial charge in [0.15, 0.2) is 11.9 Å². The van der Waals surface area contributed by atoms with Crippen molar-refractivity contribution in [3.8, 4) is 5.88 Å². The molecule has 0 saturated carbocycles. The van der Waals surface area contributed by atoms with Crippen LogP contribution in [-0.4, -0.2) is 29.2 Å². The fourth-order valence-corrected chi connectivity index (χ4v) is 1.70. The number of hydrogen-bond donors (Lipinski definition) is 0. The molecule has 0 aliphatic rings. The van der Waals surface area contributed by atoms with E-state index in [9.17, 15) is 17.6 Å². The molecule has 0 aromatic carbocycles. The largest absolute Gasteiger partial charge is 0.463 e. The Hall–Kier alpha value is -1.96. The first-order chi connectivity index (χ1) is 10.6. The summed E-state index contributed by atoms with van der Waals surface area (Å²) in [7, 11) is 0. The highest BCUT2D eigenvalue weighted by atomic mass is 35.5. The normalized spacial score (nSPS) is 15.0. The molecule has 0 aliphatic heterocycles. The maximum atomic E-state index is 13.9. The van der Waals surface area contributed by atoms with Gasteiger partial charge in [0.25, 0.3) is 5.88 Å². The van der Waals surface area contributed by atoms with E-state index in [-0.39, 0.29) is 16.4 Å². The number of rotatable bonds is 5. The van der Waals surface area contributed by atoms with Gasteiger partial charge in [-0.25, -0.2) is 14.4 Å². The summed E-state index contributed by atoms with van der Waals surface area (Å²) < 4.78 is 55.7. The fraction of sp³-hybridized carbons (Fsp3) is 0.357. The van der Waals surface area contributed by atoms with Gasteiger partial charge in [0.05, 0.1) is 11.4 Å². The van der Waals surface area contributed by atoms with E-state index in [1.807, 2.05) is 0 Å². The van der Waals surface area contributed by atoms with E-state index in [0.717, 1.165) is 19.2 Å². The minimum atomic E-state index is -4.62. The molecule has 23 heavy (non-hydrogen) atoms. The summed E-state index contributed by atoms with van der Waals surface area (Å²) in [4.78, 5) is 11.2. The van der Waals surface area contributed by atoms with Gasteiger partial charge in [-0.3, -0.25) is 4.99 Å². The fourth-order valence-electron chi connectivity index (χ4n) is 1.57. The van der Waals surface area contributed by atoms with Gasteiger partial charge in [0.1, 0.15) is 5.17 Å². The number of hydrogen-bond acceptors (Lipinski definition) is 4. The maximum Gasteiger partial charge on any atom is 0.425 e. The van der Waals surface area contributed by atoms with E-state index in [2.05, 4.69) is 26.4 Å². The van der Waals surface area contributed by atoms with Gasteiger partial charge in [-0.15, -0.1) is 0 Å². The molecule has 0 aliphatic carbocycles. The first-order valence-electron chi connectivity index (χ1n) is 6.34. The molecule has 0 bridgehead atoms. The van der Waals surface area contributed by atoms with Crippen molar-refractivity contribution in [3.05, 3.63) is 29.3 Å². The zero-order valence-electron chi connectivity index (χ0n) is 12.6. The quantitative estimate of drug-likeness (QED) is 0.575. The Morgan fingerprint density at radius 3 is 2.43 bits per heavy atom. The second-order valence-corrected chi connectivity index (χ2v) is 5.06. The van der Waals surface area contributed by atoms with Crippen molar-refractivity contribution in [1.29, 1.82) is 0 Å². The predicted octanol–water partition coefficient (Wildman–Crippen LogP) is 4.60. The zero-order chi connectivity index (χ0) is 17.8. The molecule has 1 rings (SSSR count). The molecule has 0 fully saturated rings. The van der Waals surface area contributed by atoms with Crippen LogP contribution in [0.4, 0.5) is 17.6 Å². The molecule has 0 spiro atoms. The van der Waals surface area contributed by atoms with Gasteiger partial charge in [-0.2, -0.15) is 13.2 Å². The lowest BCUT2D eigenvalue weighted by molar-refractivity contribution is -0.190. The first kappa shape index (κ1) is 19.1. The summed E-state index contributed by atoms with van der Waals surface area (Å²) in [6, 6.07) is 0.942. The van der Waals surface area contributed by atoms with Crippen LogP contribution in [0.2, 0.25) is 0 Å². The Morgan fingerprint density at radius 1 is 1.39 bits per heavy atom. The van der Waals surface area contributed by atoms with Crippen molar-refractivity contribution in [2.45, 2.75) is 33.1 Å². The lowest BCUT2D eigenvalue weighted by atomic mass is 10.2. The predicted molar refractivity (Wildman–Crippen MR) is 81.4 cm³/mol. The summed E-state index contributed by atoms with van der Waals surface area (Å²) in [6.07, 6.45) is -5.69. The SMILES string of the molecule is C=N/C(=C(/C)N=C(C)Cl)c1cnc(O[C@@H](C)C(F)(F)F)c(F)c1. The zero-order valence-corrected chi connectivity index (χ0v) is 13.3. The van der Waals surface area contributed by atoms with E-state index in [1.165, 1.54) is 0 Å². The second kappa shape index (κ2) is 7.54. The van der Waals surface area contributed by atoms with Crippen molar-refractivity contribution in [2.75, 3.05) is 0 Å². The van der Waals surface area contributed by atoms with Crippen molar-refractivity contribution in [1.82, 2.24) is 4.98 Å². The molecule has 0 N–H and O–H groups in total. The van der Waals surface area contributed by atoms with Gasteiger partial charge < -0.3 is 4.74 Å². The van der Waals surface area contributed by atoms with Crippen LogP contribution in [0.25, 0.3) is 5.70 Å². The molecule has 1 atom stereocenters. The van der Waals surface area contributed by atoms with Crippen molar-refractivity contribution >= 4 is 29.2 Å². The lowest BCUT2D eigenvalue weighted by Crippen LogP contribution is -2.31. The van der Waals surface area contributed by atoms with Crippen LogP contribution >= 0.6 is 11.6 Å². The van der Waals surface area contributed by atoms with Crippen molar-refractivity contribution in [3.63, 3.8) is 0 Å². The highest BCUT2D eigenvalue weighted by molar-refractivity contribution is 6.64. The summed E-state index contributed by atoms with van der Waals surface area (Å²) in [5.41, 5.74) is 0.738. The Labute approximate surface area is 135 Å². The minimum Gasteiger partial charge on any atom is -0.463 e. The summed E-state index contributed by atoms with van der Waals surface area (Å²) in [5, 5.41) is 0.232. The van der Waals surface area contributed by atoms with Gasteiger partial charge in [0.2, 0.25) is 0 Å². The third-order valence-corrected chi connectivity index (χ3v) is 2.74. The Morgan fingerprint density at radius 2 is 2.00 bits per heavy atom. The van der Waals surface area contributed by atoms with Gasteiger partial charge in [0, 0.05) is 11.8 Å². The molecule has 0 amide bonds. The Balaban J connectivity index is 3.17.